The summed E-state index contributed by atoms with van der Waals surface area (Å²) in [6, 6.07) is 15.1. The third-order valence-corrected chi connectivity index (χ3v) is 9.97. The molecular weight excluding hydrogens is 820 g/mol. The minimum atomic E-state index is -5.44. The van der Waals surface area contributed by atoms with Crippen LogP contribution in [0.1, 0.15) is 22.3 Å². The number of alkyl halides is 12. The molecule has 2 heterocycles. The first-order chi connectivity index (χ1) is 28.1. The van der Waals surface area contributed by atoms with E-state index in [1.165, 1.54) is 12.1 Å². The van der Waals surface area contributed by atoms with Crippen molar-refractivity contribution in [2.24, 2.45) is 0 Å². The maximum Gasteiger partial charge on any atom is 0.417 e. The van der Waals surface area contributed by atoms with Gasteiger partial charge in [-0.1, -0.05) is 24.3 Å². The zero-order valence-electron chi connectivity index (χ0n) is 29.1. The molecule has 8 aromatic rings. The summed E-state index contributed by atoms with van der Waals surface area (Å²) in [5, 5.41) is 37.6. The number of furan rings is 2. The molecule has 8 rings (SSSR count). The molecule has 6 aromatic carbocycles. The van der Waals surface area contributed by atoms with Gasteiger partial charge in [-0.05, 0) is 70.4 Å². The van der Waals surface area contributed by atoms with Crippen LogP contribution in [-0.2, 0) is 24.7 Å². The lowest BCUT2D eigenvalue weighted by Gasteiger charge is -2.22. The molecule has 0 N–H and O–H groups in total. The number of nitrogens with zero attached hydrogens (tertiary/aromatic N) is 4. The van der Waals surface area contributed by atoms with Crippen LogP contribution < -0.4 is 10.8 Å². The topological polar surface area (TPSA) is 121 Å². The van der Waals surface area contributed by atoms with E-state index < -0.39 is 91.2 Å². The molecule has 0 saturated heterocycles. The van der Waals surface area contributed by atoms with E-state index in [2.05, 4.69) is 0 Å². The second-order valence-corrected chi connectivity index (χ2v) is 13.2. The summed E-state index contributed by atoms with van der Waals surface area (Å²) in [5.41, 5.74) is -12.2. The molecule has 0 aliphatic carbocycles. The lowest BCUT2D eigenvalue weighted by Crippen LogP contribution is -2.12. The van der Waals surface area contributed by atoms with Gasteiger partial charge in [-0.3, -0.25) is 0 Å². The first-order valence-corrected chi connectivity index (χ1v) is 16.7. The molecule has 0 amide bonds. The highest BCUT2D eigenvalue weighted by Crippen LogP contribution is 2.53. The molecule has 0 aliphatic heterocycles. The summed E-state index contributed by atoms with van der Waals surface area (Å²) >= 11 is 0. The monoisotopic (exact) mass is 832 g/mol. The zero-order chi connectivity index (χ0) is 43.4. The minimum Gasteiger partial charge on any atom is -0.454 e. The molecule has 0 aliphatic rings. The van der Waals surface area contributed by atoms with Crippen molar-refractivity contribution in [1.29, 1.82) is 21.0 Å². The fraction of sp³-hybridized carbons (Fsp3) is 0.0952. The highest BCUT2D eigenvalue weighted by molar-refractivity contribution is 6.37. The Balaban J connectivity index is 1.67. The quantitative estimate of drug-likeness (QED) is 0.126. The van der Waals surface area contributed by atoms with Crippen LogP contribution in [0, 0.1) is 45.3 Å². The lowest BCUT2D eigenvalue weighted by molar-refractivity contribution is -0.144. The van der Waals surface area contributed by atoms with Crippen molar-refractivity contribution in [1.82, 2.24) is 0 Å². The van der Waals surface area contributed by atoms with Crippen molar-refractivity contribution in [3.05, 3.63) is 106 Å². The molecule has 18 heteroatoms. The van der Waals surface area contributed by atoms with Crippen LogP contribution in [-0.4, -0.2) is 0 Å². The number of nitriles is 4. The summed E-state index contributed by atoms with van der Waals surface area (Å²) in [6.45, 7) is 0. The minimum absolute atomic E-state index is 0.00523. The Morgan fingerprint density at radius 3 is 1.03 bits per heavy atom. The van der Waals surface area contributed by atoms with Gasteiger partial charge in [0.25, 0.3) is 0 Å². The van der Waals surface area contributed by atoms with E-state index in [4.69, 9.17) is 8.83 Å². The van der Waals surface area contributed by atoms with Crippen LogP contribution in [0.15, 0.2) is 81.6 Å². The van der Waals surface area contributed by atoms with Crippen molar-refractivity contribution >= 4 is 65.4 Å². The van der Waals surface area contributed by atoms with Crippen molar-refractivity contribution < 1.29 is 61.5 Å². The van der Waals surface area contributed by atoms with E-state index in [0.717, 1.165) is 24.3 Å². The van der Waals surface area contributed by atoms with Gasteiger partial charge in [-0.25, -0.2) is 0 Å². The number of hydrogen-bond donors (Lipinski definition) is 0. The normalized spacial score (nSPS) is 12.6. The molecule has 0 fully saturated rings. The fourth-order valence-corrected chi connectivity index (χ4v) is 7.58. The smallest absolute Gasteiger partial charge is 0.417 e. The maximum atomic E-state index is 14.8. The van der Waals surface area contributed by atoms with Crippen LogP contribution in [0.4, 0.5) is 52.7 Å². The maximum absolute atomic E-state index is 14.8. The summed E-state index contributed by atoms with van der Waals surface area (Å²) in [6.07, 6.45) is -21.3. The Morgan fingerprint density at radius 1 is 0.400 bits per heavy atom. The van der Waals surface area contributed by atoms with Gasteiger partial charge in [0.1, 0.15) is 35.4 Å². The van der Waals surface area contributed by atoms with E-state index in [1.807, 2.05) is 0 Å². The van der Waals surface area contributed by atoms with Crippen LogP contribution in [0.25, 0.3) is 87.7 Å². The van der Waals surface area contributed by atoms with Crippen LogP contribution >= 0.6 is 0 Å². The van der Waals surface area contributed by atoms with Gasteiger partial charge in [-0.2, -0.15) is 73.7 Å². The summed E-state index contributed by atoms with van der Waals surface area (Å²) < 4.78 is 184. The van der Waals surface area contributed by atoms with E-state index in [1.54, 1.807) is 24.3 Å². The lowest BCUT2D eigenvalue weighted by atomic mass is 9.82. The second kappa shape index (κ2) is 12.9. The summed E-state index contributed by atoms with van der Waals surface area (Å²) in [4.78, 5) is 0. The van der Waals surface area contributed by atoms with Crippen molar-refractivity contribution in [3.63, 3.8) is 0 Å². The summed E-state index contributed by atoms with van der Waals surface area (Å²) in [5.74, 6) is 0. The first kappa shape index (κ1) is 39.1. The Labute approximate surface area is 324 Å². The van der Waals surface area contributed by atoms with Gasteiger partial charge >= 0.3 is 24.7 Å². The number of halogens is 12. The molecule has 2 aromatic heterocycles. The fourth-order valence-electron chi connectivity index (χ4n) is 7.58. The van der Waals surface area contributed by atoms with Crippen LogP contribution in [0.3, 0.4) is 0 Å². The number of rotatable bonds is 2. The molecule has 0 saturated carbocycles. The van der Waals surface area contributed by atoms with E-state index in [-0.39, 0.29) is 66.4 Å². The number of hydrogen-bond acceptors (Lipinski definition) is 6. The SMILES string of the molecule is N#CC(C#N)=c1cc2c(-c3ccc(C(F)(F)F)cc3C(F)(F)F)c3ccc4c(-c5ccc(C(F)(F)F)cc5C(F)(F)F)c5cc(=C(C#N)C#N)oc5c5ccc(c2o1)c3c45. The highest BCUT2D eigenvalue weighted by Gasteiger charge is 2.41. The van der Waals surface area contributed by atoms with Gasteiger partial charge in [0.15, 0.2) is 22.0 Å². The average Bonchev–Trinajstić information content (AvgIpc) is 3.81. The third-order valence-electron chi connectivity index (χ3n) is 9.97. The molecule has 0 atom stereocenters. The first-order valence-electron chi connectivity index (χ1n) is 16.7. The van der Waals surface area contributed by atoms with E-state index in [9.17, 15) is 73.7 Å². The summed E-state index contributed by atoms with van der Waals surface area (Å²) in [7, 11) is 0. The number of benzene rings is 6. The van der Waals surface area contributed by atoms with Gasteiger partial charge < -0.3 is 8.83 Å². The molecule has 0 unspecified atom stereocenters. The molecule has 296 valence electrons. The highest BCUT2D eigenvalue weighted by atomic mass is 19.4. The Bertz CT molecular complexity index is 3220. The Hall–Kier alpha value is -7.70. The Kier molecular flexibility index (Phi) is 8.42. The third kappa shape index (κ3) is 5.87. The average molecular weight is 833 g/mol. The molecule has 0 spiro atoms. The molecule has 0 radical (unpaired) electrons. The van der Waals surface area contributed by atoms with Crippen LogP contribution in [0.5, 0.6) is 0 Å². The van der Waals surface area contributed by atoms with E-state index in [0.29, 0.717) is 24.3 Å². The van der Waals surface area contributed by atoms with Gasteiger partial charge in [0.05, 0.1) is 22.3 Å². The van der Waals surface area contributed by atoms with Gasteiger partial charge in [0, 0.05) is 43.4 Å². The molecule has 60 heavy (non-hydrogen) atoms. The van der Waals surface area contributed by atoms with Crippen LogP contribution in [0.2, 0.25) is 0 Å². The second-order valence-electron chi connectivity index (χ2n) is 13.2. The van der Waals surface area contributed by atoms with Crippen molar-refractivity contribution in [2.45, 2.75) is 24.7 Å². The van der Waals surface area contributed by atoms with Gasteiger partial charge in [-0.15, -0.1) is 0 Å². The number of fused-ring (bicyclic) bond motifs is 4. The predicted octanol–water partition coefficient (Wildman–Crippen LogP) is 11.9. The molecule has 0 bridgehead atoms. The van der Waals surface area contributed by atoms with Gasteiger partial charge in [0.2, 0.25) is 0 Å². The van der Waals surface area contributed by atoms with E-state index >= 15 is 0 Å². The zero-order valence-corrected chi connectivity index (χ0v) is 29.1. The van der Waals surface area contributed by atoms with Crippen molar-refractivity contribution in [2.75, 3.05) is 0 Å². The Morgan fingerprint density at radius 2 is 0.733 bits per heavy atom. The predicted molar refractivity (Wildman–Crippen MR) is 189 cm³/mol. The molecular formula is C42H12F12N4O2. The largest absolute Gasteiger partial charge is 0.454 e. The standard InChI is InChI=1S/C42H12F12N4O2/c43-39(44,45)19-1-3-21(29(9-19)41(49,50)51)33-23-5-6-24-34(22-4-2-20(40(46,47)48)10-30(22)42(52,53)54)28-12-32(18(15-57)16-58)60-38(28)26-8-7-25(35(23)36(24)26)37-27(33)11-31(59-37)17(13-55)14-56/h1-12H. The van der Waals surface area contributed by atoms with Crippen molar-refractivity contribution in [3.8, 4) is 46.5 Å². The molecule has 6 nitrogen and oxygen atoms in total.